The molecule has 1 saturated heterocycles. The van der Waals surface area contributed by atoms with Crippen LogP contribution in [-0.2, 0) is 19.2 Å². The summed E-state index contributed by atoms with van der Waals surface area (Å²) in [5.41, 5.74) is 7.51. The number of hydrogen-bond donors (Lipinski definition) is 2. The summed E-state index contributed by atoms with van der Waals surface area (Å²) in [6, 6.07) is 11.1. The van der Waals surface area contributed by atoms with Crippen LogP contribution in [0.4, 0.5) is 0 Å². The number of benzene rings is 1. The monoisotopic (exact) mass is 511 g/mol. The molecule has 4 aromatic heterocycles. The van der Waals surface area contributed by atoms with Gasteiger partial charge in [-0.1, -0.05) is 19.9 Å². The third-order valence-corrected chi connectivity index (χ3v) is 7.98. The molecule has 0 saturated carbocycles. The van der Waals surface area contributed by atoms with Gasteiger partial charge in [-0.15, -0.1) is 0 Å². The molecule has 0 amide bonds. The van der Waals surface area contributed by atoms with Gasteiger partial charge in [0, 0.05) is 48.0 Å². The average Bonchev–Trinajstić information content (AvgIpc) is 3.60. The molecule has 1 aliphatic heterocycles. The van der Waals surface area contributed by atoms with Crippen molar-refractivity contribution in [3.8, 4) is 11.3 Å². The Balaban J connectivity index is 1.32. The Morgan fingerprint density at radius 3 is 2.61 bits per heavy atom. The Morgan fingerprint density at radius 2 is 1.92 bits per heavy atom. The van der Waals surface area contributed by atoms with Crippen LogP contribution < -0.4 is 0 Å². The zero-order valence-corrected chi connectivity index (χ0v) is 22.9. The van der Waals surface area contributed by atoms with Gasteiger partial charge in [-0.2, -0.15) is 10.2 Å². The smallest absolute Gasteiger partial charge is 0.161 e. The number of nitrogens with one attached hydrogen (secondary N) is 1. The molecular formula is C30H37N7O. The summed E-state index contributed by atoms with van der Waals surface area (Å²) in [6.07, 6.45) is 7.88. The lowest BCUT2D eigenvalue weighted by Crippen LogP contribution is -2.32. The Kier molecular flexibility index (Phi) is 6.12. The molecule has 8 heteroatoms. The number of pyridine rings is 1. The quantitative estimate of drug-likeness (QED) is 0.321. The van der Waals surface area contributed by atoms with Crippen molar-refractivity contribution in [2.24, 2.45) is 7.05 Å². The topological polar surface area (TPSA) is 87.3 Å². The van der Waals surface area contributed by atoms with Gasteiger partial charge < -0.3 is 10.1 Å². The van der Waals surface area contributed by atoms with Crippen molar-refractivity contribution in [2.75, 3.05) is 13.1 Å². The van der Waals surface area contributed by atoms with Crippen LogP contribution in [0.15, 0.2) is 49.1 Å². The zero-order chi connectivity index (χ0) is 26.6. The zero-order valence-electron chi connectivity index (χ0n) is 22.9. The van der Waals surface area contributed by atoms with Gasteiger partial charge in [0.2, 0.25) is 0 Å². The lowest BCUT2D eigenvalue weighted by atomic mass is 9.87. The van der Waals surface area contributed by atoms with E-state index in [0.29, 0.717) is 17.5 Å². The fourth-order valence-electron chi connectivity index (χ4n) is 6.03. The van der Waals surface area contributed by atoms with E-state index in [0.717, 1.165) is 60.5 Å². The number of aromatic amines is 1. The number of nitrogens with zero attached hydrogens (tertiary/aromatic N) is 6. The highest BCUT2D eigenvalue weighted by atomic mass is 16.3. The maximum absolute atomic E-state index is 10.9. The highest BCUT2D eigenvalue weighted by Crippen LogP contribution is 2.39. The summed E-state index contributed by atoms with van der Waals surface area (Å²) < 4.78 is 3.65. The number of fused-ring (bicyclic) bond motifs is 2. The van der Waals surface area contributed by atoms with Crippen molar-refractivity contribution >= 4 is 16.6 Å². The van der Waals surface area contributed by atoms with Gasteiger partial charge in [0.15, 0.2) is 5.65 Å². The molecule has 1 fully saturated rings. The Bertz CT molecular complexity index is 1590. The van der Waals surface area contributed by atoms with E-state index in [1.807, 2.05) is 24.1 Å². The lowest BCUT2D eigenvalue weighted by Gasteiger charge is -2.31. The standard InChI is InChI=1S/C30H37N7O/c1-19(2)27-24-14-21(20-8-12-36(13-9-20)17-23-10-11-35(5)34-23)6-7-26(24)33-28(27)22-15-25(30(3,4)38)29-31-18-32-37(29)16-22/h6-7,10-11,14-16,18-20,33,38H,8-9,12-13,17H2,1-5H3. The predicted octanol–water partition coefficient (Wildman–Crippen LogP) is 5.34. The van der Waals surface area contributed by atoms with E-state index in [1.54, 1.807) is 18.4 Å². The Hall–Kier alpha value is -3.49. The molecule has 1 aliphatic rings. The van der Waals surface area contributed by atoms with Crippen LogP contribution in [0.25, 0.3) is 27.8 Å². The van der Waals surface area contributed by atoms with Crippen LogP contribution in [-0.4, -0.2) is 52.5 Å². The molecule has 5 aromatic rings. The van der Waals surface area contributed by atoms with E-state index in [1.165, 1.54) is 22.8 Å². The fraction of sp³-hybridized carbons (Fsp3) is 0.433. The first-order valence-electron chi connectivity index (χ1n) is 13.6. The highest BCUT2D eigenvalue weighted by molar-refractivity contribution is 5.92. The first kappa shape index (κ1) is 24.8. The number of aliphatic hydroxyl groups is 1. The highest BCUT2D eigenvalue weighted by Gasteiger charge is 2.26. The summed E-state index contributed by atoms with van der Waals surface area (Å²) >= 11 is 0. The van der Waals surface area contributed by atoms with Crippen molar-refractivity contribution in [3.63, 3.8) is 0 Å². The van der Waals surface area contributed by atoms with Crippen LogP contribution in [0.2, 0.25) is 0 Å². The van der Waals surface area contributed by atoms with Crippen LogP contribution in [0.1, 0.15) is 74.8 Å². The number of rotatable bonds is 6. The Labute approximate surface area is 223 Å². The third-order valence-electron chi connectivity index (χ3n) is 7.98. The fourth-order valence-corrected chi connectivity index (χ4v) is 6.03. The van der Waals surface area contributed by atoms with Gasteiger partial charge in [-0.25, -0.2) is 9.50 Å². The molecule has 0 spiro atoms. The van der Waals surface area contributed by atoms with Gasteiger partial charge in [-0.05, 0) is 87.0 Å². The number of piperidine rings is 1. The average molecular weight is 512 g/mol. The molecule has 1 aromatic carbocycles. The third kappa shape index (κ3) is 4.52. The first-order valence-corrected chi connectivity index (χ1v) is 13.6. The lowest BCUT2D eigenvalue weighted by molar-refractivity contribution is 0.0796. The maximum atomic E-state index is 10.9. The van der Waals surface area contributed by atoms with E-state index < -0.39 is 5.60 Å². The van der Waals surface area contributed by atoms with E-state index in [-0.39, 0.29) is 0 Å². The minimum absolute atomic E-state index is 0.325. The number of likely N-dealkylation sites (tertiary alicyclic amines) is 1. The summed E-state index contributed by atoms with van der Waals surface area (Å²) in [5, 5.41) is 21.1. The number of aromatic nitrogens is 6. The molecule has 0 bridgehead atoms. The number of H-pyrrole nitrogens is 1. The van der Waals surface area contributed by atoms with Crippen LogP contribution >= 0.6 is 0 Å². The van der Waals surface area contributed by atoms with Crippen molar-refractivity contribution in [1.29, 1.82) is 0 Å². The predicted molar refractivity (Wildman–Crippen MR) is 150 cm³/mol. The van der Waals surface area contributed by atoms with Crippen molar-refractivity contribution in [2.45, 2.75) is 64.5 Å². The normalized spacial score (nSPS) is 15.9. The molecular weight excluding hydrogens is 474 g/mol. The molecule has 198 valence electrons. The largest absolute Gasteiger partial charge is 0.386 e. The summed E-state index contributed by atoms with van der Waals surface area (Å²) in [6.45, 7) is 11.2. The molecule has 5 heterocycles. The molecule has 2 N–H and O–H groups in total. The molecule has 0 aliphatic carbocycles. The number of hydrogen-bond acceptors (Lipinski definition) is 5. The SMILES string of the molecule is CC(C)c1c(-c2cc(C(C)(C)O)c3ncnn3c2)[nH]c2ccc(C3CCN(Cc4ccn(C)n4)CC3)cc12. The van der Waals surface area contributed by atoms with E-state index in [4.69, 9.17) is 0 Å². The second-order valence-electron chi connectivity index (χ2n) is 11.6. The van der Waals surface area contributed by atoms with E-state index in [2.05, 4.69) is 69.2 Å². The molecule has 0 radical (unpaired) electrons. The first-order chi connectivity index (χ1) is 18.2. The van der Waals surface area contributed by atoms with Crippen molar-refractivity contribution in [1.82, 2.24) is 34.3 Å². The van der Waals surface area contributed by atoms with Crippen LogP contribution in [0.3, 0.4) is 0 Å². The van der Waals surface area contributed by atoms with Crippen molar-refractivity contribution in [3.05, 3.63) is 71.4 Å². The van der Waals surface area contributed by atoms with Crippen LogP contribution in [0, 0.1) is 0 Å². The van der Waals surface area contributed by atoms with Gasteiger partial charge in [0.1, 0.15) is 6.33 Å². The molecule has 8 nitrogen and oxygen atoms in total. The summed E-state index contributed by atoms with van der Waals surface area (Å²) in [4.78, 5) is 10.6. The second-order valence-corrected chi connectivity index (χ2v) is 11.6. The van der Waals surface area contributed by atoms with Gasteiger partial charge in [-0.3, -0.25) is 9.58 Å². The maximum Gasteiger partial charge on any atom is 0.161 e. The van der Waals surface area contributed by atoms with Gasteiger partial charge in [0.25, 0.3) is 0 Å². The summed E-state index contributed by atoms with van der Waals surface area (Å²) in [7, 11) is 1.98. The minimum Gasteiger partial charge on any atom is -0.386 e. The van der Waals surface area contributed by atoms with E-state index in [9.17, 15) is 5.11 Å². The molecule has 38 heavy (non-hydrogen) atoms. The van der Waals surface area contributed by atoms with Crippen molar-refractivity contribution < 1.29 is 5.11 Å². The van der Waals surface area contributed by atoms with Gasteiger partial charge in [0.05, 0.1) is 17.0 Å². The van der Waals surface area contributed by atoms with Crippen LogP contribution in [0.5, 0.6) is 0 Å². The van der Waals surface area contributed by atoms with E-state index >= 15 is 0 Å². The molecule has 0 atom stereocenters. The second kappa shape index (κ2) is 9.36. The molecule has 6 rings (SSSR count). The minimum atomic E-state index is -1.03. The molecule has 0 unspecified atom stereocenters. The number of aryl methyl sites for hydroxylation is 1. The van der Waals surface area contributed by atoms with Gasteiger partial charge >= 0.3 is 0 Å². The summed E-state index contributed by atoms with van der Waals surface area (Å²) in [5.74, 6) is 0.886. The Morgan fingerprint density at radius 1 is 1.13 bits per heavy atom.